The molecule has 0 aliphatic carbocycles. The van der Waals surface area contributed by atoms with Crippen molar-refractivity contribution in [2.75, 3.05) is 24.2 Å². The van der Waals surface area contributed by atoms with Crippen molar-refractivity contribution in [2.45, 2.75) is 32.6 Å². The Morgan fingerprint density at radius 1 is 0.952 bits per heavy atom. The second-order valence-corrected chi connectivity index (χ2v) is 5.07. The number of hydrogen-bond acceptors (Lipinski definition) is 4. The molecule has 2 rings (SSSR count). The van der Waals surface area contributed by atoms with Crippen molar-refractivity contribution in [2.24, 2.45) is 0 Å². The van der Waals surface area contributed by atoms with Gasteiger partial charge in [0.2, 0.25) is 0 Å². The number of unbranched alkanes of at least 4 members (excludes halogenated alkanes) is 3. The van der Waals surface area contributed by atoms with Crippen LogP contribution >= 0.6 is 0 Å². The molecule has 4 nitrogen and oxygen atoms in total. The van der Waals surface area contributed by atoms with Crippen molar-refractivity contribution >= 4 is 11.6 Å². The summed E-state index contributed by atoms with van der Waals surface area (Å²) in [6, 6.07) is 12.0. The van der Waals surface area contributed by atoms with Crippen molar-refractivity contribution in [3.8, 4) is 11.4 Å². The van der Waals surface area contributed by atoms with Gasteiger partial charge in [-0.05, 0) is 6.42 Å². The van der Waals surface area contributed by atoms with Crippen LogP contribution in [0.4, 0.5) is 11.6 Å². The zero-order chi connectivity index (χ0) is 14.9. The van der Waals surface area contributed by atoms with Gasteiger partial charge in [0.15, 0.2) is 5.82 Å². The maximum atomic E-state index is 4.61. The van der Waals surface area contributed by atoms with Crippen molar-refractivity contribution in [1.29, 1.82) is 0 Å². The van der Waals surface area contributed by atoms with E-state index in [9.17, 15) is 0 Å². The molecule has 1 heterocycles. The summed E-state index contributed by atoms with van der Waals surface area (Å²) < 4.78 is 0. The van der Waals surface area contributed by atoms with E-state index < -0.39 is 0 Å². The molecular formula is C17H24N4. The maximum absolute atomic E-state index is 4.61. The first kappa shape index (κ1) is 15.3. The van der Waals surface area contributed by atoms with Crippen molar-refractivity contribution in [3.05, 3.63) is 36.4 Å². The summed E-state index contributed by atoms with van der Waals surface area (Å²) in [4.78, 5) is 9.12. The molecule has 0 atom stereocenters. The fraction of sp³-hybridized carbons (Fsp3) is 0.412. The molecule has 0 fully saturated rings. The topological polar surface area (TPSA) is 49.8 Å². The molecule has 0 spiro atoms. The van der Waals surface area contributed by atoms with Crippen molar-refractivity contribution in [3.63, 3.8) is 0 Å². The molecule has 0 saturated heterocycles. The number of anilines is 2. The second kappa shape index (κ2) is 8.25. The first-order valence-electron chi connectivity index (χ1n) is 7.69. The van der Waals surface area contributed by atoms with Gasteiger partial charge in [0, 0.05) is 25.2 Å². The summed E-state index contributed by atoms with van der Waals surface area (Å²) >= 11 is 0. The van der Waals surface area contributed by atoms with E-state index in [1.165, 1.54) is 25.7 Å². The first-order chi connectivity index (χ1) is 10.3. The Kier molecular flexibility index (Phi) is 6.00. The minimum Gasteiger partial charge on any atom is -0.373 e. The van der Waals surface area contributed by atoms with Gasteiger partial charge in [0.1, 0.15) is 11.6 Å². The average molecular weight is 284 g/mol. The summed E-state index contributed by atoms with van der Waals surface area (Å²) in [5.41, 5.74) is 1.03. The zero-order valence-corrected chi connectivity index (χ0v) is 12.9. The van der Waals surface area contributed by atoms with Crippen LogP contribution in [-0.4, -0.2) is 23.6 Å². The van der Waals surface area contributed by atoms with Crippen LogP contribution < -0.4 is 10.6 Å². The third-order valence-electron chi connectivity index (χ3n) is 3.35. The monoisotopic (exact) mass is 284 g/mol. The van der Waals surface area contributed by atoms with Gasteiger partial charge in [-0.2, -0.15) is 0 Å². The van der Waals surface area contributed by atoms with Crippen LogP contribution in [0.3, 0.4) is 0 Å². The predicted molar refractivity (Wildman–Crippen MR) is 89.6 cm³/mol. The van der Waals surface area contributed by atoms with E-state index in [0.717, 1.165) is 29.6 Å². The lowest BCUT2D eigenvalue weighted by atomic mass is 10.2. The van der Waals surface area contributed by atoms with E-state index in [-0.39, 0.29) is 0 Å². The molecule has 0 saturated carbocycles. The van der Waals surface area contributed by atoms with Gasteiger partial charge in [-0.3, -0.25) is 0 Å². The minimum absolute atomic E-state index is 0.749. The molecular weight excluding hydrogens is 260 g/mol. The molecule has 1 aromatic heterocycles. The van der Waals surface area contributed by atoms with Crippen LogP contribution in [0.2, 0.25) is 0 Å². The Morgan fingerprint density at radius 3 is 2.43 bits per heavy atom. The highest BCUT2D eigenvalue weighted by molar-refractivity contribution is 5.61. The van der Waals surface area contributed by atoms with E-state index in [1.54, 1.807) is 0 Å². The standard InChI is InChI=1S/C17H24N4/c1-3-4-5-9-12-19-16-13-15(18-2)20-17(21-16)14-10-7-6-8-11-14/h6-8,10-11,13H,3-5,9,12H2,1-2H3,(H2,18,19,20,21). The van der Waals surface area contributed by atoms with Crippen LogP contribution in [0.1, 0.15) is 32.6 Å². The van der Waals surface area contributed by atoms with Gasteiger partial charge in [-0.15, -0.1) is 0 Å². The highest BCUT2D eigenvalue weighted by atomic mass is 15.1. The third kappa shape index (κ3) is 4.74. The Balaban J connectivity index is 2.07. The largest absolute Gasteiger partial charge is 0.373 e. The Bertz CT molecular complexity index is 540. The van der Waals surface area contributed by atoms with Crippen LogP contribution in [0, 0.1) is 0 Å². The molecule has 1 aromatic carbocycles. The van der Waals surface area contributed by atoms with E-state index in [2.05, 4.69) is 27.5 Å². The predicted octanol–water partition coefficient (Wildman–Crippen LogP) is 4.18. The Morgan fingerprint density at radius 2 is 1.71 bits per heavy atom. The number of benzene rings is 1. The zero-order valence-electron chi connectivity index (χ0n) is 12.9. The van der Waals surface area contributed by atoms with Crippen LogP contribution in [0.25, 0.3) is 11.4 Å². The van der Waals surface area contributed by atoms with Crippen LogP contribution in [-0.2, 0) is 0 Å². The molecule has 112 valence electrons. The lowest BCUT2D eigenvalue weighted by Crippen LogP contribution is -2.06. The Labute approximate surface area is 127 Å². The number of nitrogens with one attached hydrogen (secondary N) is 2. The summed E-state index contributed by atoms with van der Waals surface area (Å²) in [5.74, 6) is 2.46. The molecule has 0 aliphatic heterocycles. The van der Waals surface area contributed by atoms with Crippen LogP contribution in [0.5, 0.6) is 0 Å². The molecule has 4 heteroatoms. The molecule has 0 unspecified atom stereocenters. The molecule has 0 amide bonds. The lowest BCUT2D eigenvalue weighted by molar-refractivity contribution is 0.684. The third-order valence-corrected chi connectivity index (χ3v) is 3.35. The molecule has 0 bridgehead atoms. The fourth-order valence-corrected chi connectivity index (χ4v) is 2.15. The van der Waals surface area contributed by atoms with Gasteiger partial charge in [0.05, 0.1) is 0 Å². The first-order valence-corrected chi connectivity index (χ1v) is 7.69. The SMILES string of the molecule is CCCCCCNc1cc(NC)nc(-c2ccccc2)n1. The molecule has 0 aliphatic rings. The van der Waals surface area contributed by atoms with Gasteiger partial charge in [-0.25, -0.2) is 9.97 Å². The van der Waals surface area contributed by atoms with Crippen molar-refractivity contribution < 1.29 is 0 Å². The molecule has 0 radical (unpaired) electrons. The highest BCUT2D eigenvalue weighted by Gasteiger charge is 2.05. The summed E-state index contributed by atoms with van der Waals surface area (Å²) in [7, 11) is 1.88. The van der Waals surface area contributed by atoms with E-state index >= 15 is 0 Å². The quantitative estimate of drug-likeness (QED) is 0.714. The fourth-order valence-electron chi connectivity index (χ4n) is 2.15. The number of aromatic nitrogens is 2. The highest BCUT2D eigenvalue weighted by Crippen LogP contribution is 2.19. The minimum atomic E-state index is 0.749. The van der Waals surface area contributed by atoms with Gasteiger partial charge < -0.3 is 10.6 Å². The smallest absolute Gasteiger partial charge is 0.163 e. The number of rotatable bonds is 8. The molecule has 2 N–H and O–H groups in total. The van der Waals surface area contributed by atoms with E-state index in [1.807, 2.05) is 43.4 Å². The number of hydrogen-bond donors (Lipinski definition) is 2. The van der Waals surface area contributed by atoms with Gasteiger partial charge >= 0.3 is 0 Å². The van der Waals surface area contributed by atoms with Crippen molar-refractivity contribution in [1.82, 2.24) is 9.97 Å². The maximum Gasteiger partial charge on any atom is 0.163 e. The lowest BCUT2D eigenvalue weighted by Gasteiger charge is -2.10. The second-order valence-electron chi connectivity index (χ2n) is 5.07. The summed E-state index contributed by atoms with van der Waals surface area (Å²) in [5, 5.41) is 6.49. The van der Waals surface area contributed by atoms with Gasteiger partial charge in [0.25, 0.3) is 0 Å². The Hall–Kier alpha value is -2.10. The average Bonchev–Trinajstić information content (AvgIpc) is 2.55. The number of nitrogens with zero attached hydrogens (tertiary/aromatic N) is 2. The van der Waals surface area contributed by atoms with Crippen LogP contribution in [0.15, 0.2) is 36.4 Å². The van der Waals surface area contributed by atoms with Gasteiger partial charge in [-0.1, -0.05) is 56.5 Å². The summed E-state index contributed by atoms with van der Waals surface area (Å²) in [6.07, 6.45) is 4.99. The summed E-state index contributed by atoms with van der Waals surface area (Å²) in [6.45, 7) is 3.18. The van der Waals surface area contributed by atoms with E-state index in [0.29, 0.717) is 0 Å². The van der Waals surface area contributed by atoms with E-state index in [4.69, 9.17) is 0 Å². The normalized spacial score (nSPS) is 10.4. The molecule has 2 aromatic rings. The molecule has 21 heavy (non-hydrogen) atoms.